The number of aromatic nitrogens is 3. The van der Waals surface area contributed by atoms with Crippen LogP contribution in [0.2, 0.25) is 0 Å². The van der Waals surface area contributed by atoms with Crippen LogP contribution in [-0.4, -0.2) is 32.3 Å². The van der Waals surface area contributed by atoms with Gasteiger partial charge in [0.25, 0.3) is 0 Å². The van der Waals surface area contributed by atoms with E-state index in [9.17, 15) is 14.0 Å². The summed E-state index contributed by atoms with van der Waals surface area (Å²) >= 11 is 1.20. The molecule has 0 fully saturated rings. The second-order valence-electron chi connectivity index (χ2n) is 5.87. The molecule has 0 saturated carbocycles. The smallest absolute Gasteiger partial charge is 0.234 e. The Morgan fingerprint density at radius 3 is 2.68 bits per heavy atom. The van der Waals surface area contributed by atoms with Gasteiger partial charge in [-0.3, -0.25) is 14.2 Å². The first-order chi connectivity index (χ1) is 13.5. The van der Waals surface area contributed by atoms with E-state index in [1.807, 2.05) is 6.07 Å². The Bertz CT molecular complexity index is 941. The summed E-state index contributed by atoms with van der Waals surface area (Å²) in [6.45, 7) is 0.371. The third-order valence-electron chi connectivity index (χ3n) is 3.74. The molecule has 3 N–H and O–H groups in total. The van der Waals surface area contributed by atoms with Crippen molar-refractivity contribution in [1.82, 2.24) is 14.8 Å². The fourth-order valence-corrected chi connectivity index (χ4v) is 3.18. The number of hydrogen-bond acceptors (Lipinski definition) is 6. The number of amides is 2. The average molecular weight is 403 g/mol. The van der Waals surface area contributed by atoms with Crippen LogP contribution in [0.4, 0.5) is 10.1 Å². The molecule has 0 radical (unpaired) electrons. The van der Waals surface area contributed by atoms with Crippen LogP contribution < -0.4 is 11.1 Å². The van der Waals surface area contributed by atoms with Crippen LogP contribution in [0.15, 0.2) is 52.2 Å². The maximum Gasteiger partial charge on any atom is 0.234 e. The number of aryl methyl sites for hydroxylation is 1. The number of nitrogens with two attached hydrogens (primary N) is 1. The Morgan fingerprint density at radius 2 is 2.00 bits per heavy atom. The summed E-state index contributed by atoms with van der Waals surface area (Å²) in [6.07, 6.45) is 2.04. The van der Waals surface area contributed by atoms with Crippen LogP contribution in [0.25, 0.3) is 0 Å². The topological polar surface area (TPSA) is 116 Å². The van der Waals surface area contributed by atoms with Crippen molar-refractivity contribution in [2.45, 2.75) is 24.5 Å². The fourth-order valence-electron chi connectivity index (χ4n) is 2.42. The van der Waals surface area contributed by atoms with Crippen molar-refractivity contribution in [1.29, 1.82) is 0 Å². The van der Waals surface area contributed by atoms with Crippen LogP contribution >= 0.6 is 11.8 Å². The van der Waals surface area contributed by atoms with E-state index in [1.165, 1.54) is 36.0 Å². The highest BCUT2D eigenvalue weighted by Gasteiger charge is 2.16. The molecule has 3 rings (SSSR count). The van der Waals surface area contributed by atoms with Gasteiger partial charge in [0.05, 0.1) is 18.6 Å². The maximum atomic E-state index is 12.9. The number of nitrogens with one attached hydrogen (secondary N) is 1. The number of carbonyl (C=O) groups is 2. The summed E-state index contributed by atoms with van der Waals surface area (Å²) in [5, 5.41) is 11.4. The number of primary amides is 1. The lowest BCUT2D eigenvalue weighted by molar-refractivity contribution is -0.118. The minimum absolute atomic E-state index is 0.0868. The number of carbonyl (C=O) groups excluding carboxylic acids is 2. The Morgan fingerprint density at radius 1 is 1.21 bits per heavy atom. The summed E-state index contributed by atoms with van der Waals surface area (Å²) in [5.74, 6) is 0.295. The molecule has 0 aliphatic heterocycles. The van der Waals surface area contributed by atoms with E-state index in [1.54, 1.807) is 16.9 Å². The van der Waals surface area contributed by atoms with Gasteiger partial charge < -0.3 is 15.5 Å². The molecule has 0 aliphatic rings. The fraction of sp³-hybridized carbons (Fsp3) is 0.222. The van der Waals surface area contributed by atoms with Crippen molar-refractivity contribution in [2.24, 2.45) is 5.73 Å². The molecular weight excluding hydrogens is 385 g/mol. The number of benzene rings is 1. The summed E-state index contributed by atoms with van der Waals surface area (Å²) < 4.78 is 20.1. The van der Waals surface area contributed by atoms with E-state index in [-0.39, 0.29) is 23.9 Å². The predicted molar refractivity (Wildman–Crippen MR) is 101 cm³/mol. The highest BCUT2D eigenvalue weighted by atomic mass is 32.2. The number of nitrogens with zero attached hydrogens (tertiary/aromatic N) is 3. The molecule has 10 heteroatoms. The molecular formula is C18H18FN5O3S. The molecule has 3 aromatic rings. The Kier molecular flexibility index (Phi) is 6.43. The van der Waals surface area contributed by atoms with Gasteiger partial charge in [-0.25, -0.2) is 4.39 Å². The van der Waals surface area contributed by atoms with Crippen LogP contribution in [0.3, 0.4) is 0 Å². The number of halogens is 1. The molecule has 0 aliphatic carbocycles. The van der Waals surface area contributed by atoms with Gasteiger partial charge >= 0.3 is 0 Å². The molecule has 8 nitrogen and oxygen atoms in total. The highest BCUT2D eigenvalue weighted by Crippen LogP contribution is 2.20. The molecule has 2 amide bonds. The lowest BCUT2D eigenvalue weighted by Gasteiger charge is -2.09. The van der Waals surface area contributed by atoms with Gasteiger partial charge in [0.15, 0.2) is 5.16 Å². The summed E-state index contributed by atoms with van der Waals surface area (Å²) in [4.78, 5) is 23.2. The Hall–Kier alpha value is -3.14. The van der Waals surface area contributed by atoms with Crippen LogP contribution in [-0.2, 0) is 22.6 Å². The molecule has 0 bridgehead atoms. The quantitative estimate of drug-likeness (QED) is 0.529. The largest absolute Gasteiger partial charge is 0.467 e. The zero-order valence-electron chi connectivity index (χ0n) is 14.8. The van der Waals surface area contributed by atoms with Gasteiger partial charge in [-0.1, -0.05) is 11.8 Å². The van der Waals surface area contributed by atoms with E-state index in [0.717, 1.165) is 0 Å². The van der Waals surface area contributed by atoms with Crippen molar-refractivity contribution in [3.8, 4) is 0 Å². The first-order valence-electron chi connectivity index (χ1n) is 8.42. The Balaban J connectivity index is 1.66. The van der Waals surface area contributed by atoms with Crippen molar-refractivity contribution < 1.29 is 18.4 Å². The molecule has 1 aromatic carbocycles. The minimum atomic E-state index is -0.430. The van der Waals surface area contributed by atoms with Crippen LogP contribution in [0.1, 0.15) is 18.0 Å². The number of hydrogen-bond donors (Lipinski definition) is 2. The van der Waals surface area contributed by atoms with Gasteiger partial charge in [-0.05, 0) is 36.4 Å². The monoisotopic (exact) mass is 403 g/mol. The normalized spacial score (nSPS) is 10.8. The first-order valence-corrected chi connectivity index (χ1v) is 9.41. The molecule has 0 spiro atoms. The first kappa shape index (κ1) is 19.6. The zero-order valence-corrected chi connectivity index (χ0v) is 15.6. The van der Waals surface area contributed by atoms with Crippen LogP contribution in [0.5, 0.6) is 0 Å². The third kappa shape index (κ3) is 5.43. The van der Waals surface area contributed by atoms with Crippen LogP contribution in [0, 0.1) is 5.82 Å². The molecule has 146 valence electrons. The van der Waals surface area contributed by atoms with E-state index in [0.29, 0.717) is 35.4 Å². The molecule has 2 aromatic heterocycles. The van der Waals surface area contributed by atoms with Gasteiger partial charge in [0.1, 0.15) is 17.4 Å². The van der Waals surface area contributed by atoms with Crippen molar-refractivity contribution in [3.63, 3.8) is 0 Å². The zero-order chi connectivity index (χ0) is 19.9. The van der Waals surface area contributed by atoms with E-state index >= 15 is 0 Å². The van der Waals surface area contributed by atoms with Crippen molar-refractivity contribution in [2.75, 3.05) is 11.1 Å². The van der Waals surface area contributed by atoms with Gasteiger partial charge in [-0.15, -0.1) is 10.2 Å². The molecule has 28 heavy (non-hydrogen) atoms. The van der Waals surface area contributed by atoms with Crippen molar-refractivity contribution >= 4 is 29.3 Å². The summed E-state index contributed by atoms with van der Waals surface area (Å²) in [5.41, 5.74) is 5.72. The average Bonchev–Trinajstić information content (AvgIpc) is 3.31. The molecule has 0 atom stereocenters. The predicted octanol–water partition coefficient (Wildman–Crippen LogP) is 2.21. The number of anilines is 1. The highest BCUT2D eigenvalue weighted by molar-refractivity contribution is 7.99. The Labute approximate surface area is 164 Å². The summed E-state index contributed by atoms with van der Waals surface area (Å²) in [7, 11) is 0. The number of rotatable bonds is 9. The second kappa shape index (κ2) is 9.18. The van der Waals surface area contributed by atoms with Gasteiger partial charge in [-0.2, -0.15) is 0 Å². The summed E-state index contributed by atoms with van der Waals surface area (Å²) in [6, 6.07) is 9.10. The van der Waals surface area contributed by atoms with E-state index in [2.05, 4.69) is 15.5 Å². The van der Waals surface area contributed by atoms with Gasteiger partial charge in [0.2, 0.25) is 11.8 Å². The lowest BCUT2D eigenvalue weighted by atomic mass is 10.3. The minimum Gasteiger partial charge on any atom is -0.467 e. The lowest BCUT2D eigenvalue weighted by Crippen LogP contribution is -2.16. The maximum absolute atomic E-state index is 12.9. The molecule has 0 unspecified atom stereocenters. The van der Waals surface area contributed by atoms with E-state index in [4.69, 9.17) is 10.2 Å². The third-order valence-corrected chi connectivity index (χ3v) is 4.71. The number of thioether (sulfide) groups is 1. The molecule has 0 saturated heterocycles. The van der Waals surface area contributed by atoms with Gasteiger partial charge in [0, 0.05) is 18.5 Å². The number of furan rings is 1. The van der Waals surface area contributed by atoms with Crippen molar-refractivity contribution in [3.05, 3.63) is 60.1 Å². The van der Waals surface area contributed by atoms with E-state index < -0.39 is 5.91 Å². The SMILES string of the molecule is NC(=O)CCc1nnc(SCC(=O)Nc2ccc(F)cc2)n1Cc1ccco1. The second-order valence-corrected chi connectivity index (χ2v) is 6.82. The molecule has 2 heterocycles. The standard InChI is InChI=1S/C18H18FN5O3S/c19-12-3-5-13(6-4-12)21-17(26)11-28-18-23-22-16(8-7-15(20)25)24(18)10-14-2-1-9-27-14/h1-6,9H,7-8,10-11H2,(H2,20,25)(H,21,26).